The molecule has 144 valence electrons. The third kappa shape index (κ3) is 4.49. The molecule has 0 radical (unpaired) electrons. The lowest BCUT2D eigenvalue weighted by Gasteiger charge is -2.36. The second-order valence-electron chi connectivity index (χ2n) is 6.73. The van der Waals surface area contributed by atoms with Gasteiger partial charge >= 0.3 is 0 Å². The monoisotopic (exact) mass is 406 g/mol. The van der Waals surface area contributed by atoms with E-state index in [-0.39, 0.29) is 5.91 Å². The van der Waals surface area contributed by atoms with Crippen molar-refractivity contribution < 1.29 is 4.79 Å². The van der Waals surface area contributed by atoms with Crippen molar-refractivity contribution in [1.82, 2.24) is 4.90 Å². The van der Waals surface area contributed by atoms with E-state index in [1.165, 1.54) is 0 Å². The summed E-state index contributed by atoms with van der Waals surface area (Å²) in [6, 6.07) is 8.66. The SMILES string of the molecule is CCN1CCN(c2cc(NC(=O)c3ccc(Cl)c(Cl)c3)c(N)cc2C)CC1. The van der Waals surface area contributed by atoms with E-state index in [1.54, 1.807) is 18.2 Å². The van der Waals surface area contributed by atoms with Gasteiger partial charge in [-0.1, -0.05) is 30.1 Å². The van der Waals surface area contributed by atoms with Crippen molar-refractivity contribution in [1.29, 1.82) is 0 Å². The summed E-state index contributed by atoms with van der Waals surface area (Å²) in [7, 11) is 0. The predicted molar refractivity (Wildman–Crippen MR) is 114 cm³/mol. The molecule has 3 N–H and O–H groups in total. The van der Waals surface area contributed by atoms with Gasteiger partial charge in [-0.3, -0.25) is 4.79 Å². The summed E-state index contributed by atoms with van der Waals surface area (Å²) in [5.74, 6) is -0.272. The number of benzene rings is 2. The number of nitrogens with two attached hydrogens (primary N) is 1. The van der Waals surface area contributed by atoms with Crippen molar-refractivity contribution in [2.24, 2.45) is 0 Å². The maximum Gasteiger partial charge on any atom is 0.255 e. The Morgan fingerprint density at radius 2 is 1.81 bits per heavy atom. The van der Waals surface area contributed by atoms with E-state index in [0.29, 0.717) is 27.0 Å². The Labute approximate surface area is 170 Å². The molecular formula is C20H24Cl2N4O. The summed E-state index contributed by atoms with van der Waals surface area (Å²) in [6.07, 6.45) is 0. The van der Waals surface area contributed by atoms with Crippen molar-refractivity contribution in [3.8, 4) is 0 Å². The molecule has 1 aliphatic heterocycles. The largest absolute Gasteiger partial charge is 0.397 e. The number of nitrogens with zero attached hydrogens (tertiary/aromatic N) is 2. The van der Waals surface area contributed by atoms with Gasteiger partial charge in [-0.2, -0.15) is 0 Å². The minimum absolute atomic E-state index is 0.272. The van der Waals surface area contributed by atoms with Gasteiger partial charge in [-0.15, -0.1) is 0 Å². The maximum absolute atomic E-state index is 12.6. The van der Waals surface area contributed by atoms with Crippen LogP contribution in [0.4, 0.5) is 17.1 Å². The first kappa shape index (κ1) is 19.8. The molecular weight excluding hydrogens is 383 g/mol. The highest BCUT2D eigenvalue weighted by Gasteiger charge is 2.19. The van der Waals surface area contributed by atoms with Crippen LogP contribution in [0.1, 0.15) is 22.8 Å². The molecule has 1 saturated heterocycles. The Morgan fingerprint density at radius 1 is 1.11 bits per heavy atom. The van der Waals surface area contributed by atoms with Crippen molar-refractivity contribution in [2.45, 2.75) is 13.8 Å². The topological polar surface area (TPSA) is 61.6 Å². The van der Waals surface area contributed by atoms with E-state index in [0.717, 1.165) is 44.0 Å². The van der Waals surface area contributed by atoms with Crippen molar-refractivity contribution in [3.63, 3.8) is 0 Å². The van der Waals surface area contributed by atoms with Crippen molar-refractivity contribution in [3.05, 3.63) is 51.5 Å². The second kappa shape index (κ2) is 8.38. The standard InChI is InChI=1S/C20H24Cl2N4O/c1-3-25-6-8-26(9-7-25)19-12-18(17(23)10-13(19)2)24-20(27)14-4-5-15(21)16(22)11-14/h4-5,10-12H,3,6-9,23H2,1-2H3,(H,24,27). The van der Waals surface area contributed by atoms with Gasteiger partial charge in [-0.25, -0.2) is 0 Å². The molecule has 0 aromatic heterocycles. The number of aryl methyl sites for hydroxylation is 1. The second-order valence-corrected chi connectivity index (χ2v) is 7.54. The molecule has 0 atom stereocenters. The molecule has 1 heterocycles. The van der Waals surface area contributed by atoms with Gasteiger partial charge in [0.15, 0.2) is 0 Å². The summed E-state index contributed by atoms with van der Waals surface area (Å²) in [6.45, 7) is 9.27. The fourth-order valence-corrected chi connectivity index (χ4v) is 3.60. The van der Waals surface area contributed by atoms with E-state index in [1.807, 2.05) is 19.1 Å². The molecule has 7 heteroatoms. The van der Waals surface area contributed by atoms with Crippen molar-refractivity contribution >= 4 is 46.2 Å². The van der Waals surface area contributed by atoms with Gasteiger partial charge in [0.2, 0.25) is 0 Å². The maximum atomic E-state index is 12.6. The summed E-state index contributed by atoms with van der Waals surface area (Å²) in [5, 5.41) is 3.65. The molecule has 2 aromatic rings. The van der Waals surface area contributed by atoms with Crippen LogP contribution in [0.25, 0.3) is 0 Å². The van der Waals surface area contributed by atoms with Gasteiger partial charge in [-0.05, 0) is 49.4 Å². The van der Waals surface area contributed by atoms with Crippen LogP contribution < -0.4 is 16.0 Å². The Kier molecular flexibility index (Phi) is 6.15. The number of nitrogens with one attached hydrogen (secondary N) is 1. The Bertz CT molecular complexity index is 848. The van der Waals surface area contributed by atoms with Crippen LogP contribution in [0.15, 0.2) is 30.3 Å². The molecule has 1 fully saturated rings. The van der Waals surface area contributed by atoms with Gasteiger partial charge in [0.1, 0.15) is 0 Å². The molecule has 0 aliphatic carbocycles. The van der Waals surface area contributed by atoms with Crippen LogP contribution in [0.5, 0.6) is 0 Å². The van der Waals surface area contributed by atoms with E-state index in [4.69, 9.17) is 28.9 Å². The Morgan fingerprint density at radius 3 is 2.44 bits per heavy atom. The van der Waals surface area contributed by atoms with Crippen molar-refractivity contribution in [2.75, 3.05) is 48.7 Å². The van der Waals surface area contributed by atoms with E-state index in [2.05, 4.69) is 22.0 Å². The molecule has 1 amide bonds. The van der Waals surface area contributed by atoms with Gasteiger partial charge < -0.3 is 20.9 Å². The third-order valence-electron chi connectivity index (χ3n) is 4.96. The third-order valence-corrected chi connectivity index (χ3v) is 5.70. The summed E-state index contributed by atoms with van der Waals surface area (Å²) < 4.78 is 0. The lowest BCUT2D eigenvalue weighted by Crippen LogP contribution is -2.46. The molecule has 1 aliphatic rings. The fraction of sp³-hybridized carbons (Fsp3) is 0.350. The number of anilines is 3. The number of rotatable bonds is 4. The first-order chi connectivity index (χ1) is 12.9. The normalized spacial score (nSPS) is 15.0. The first-order valence-electron chi connectivity index (χ1n) is 9.03. The number of hydrogen-bond acceptors (Lipinski definition) is 4. The highest BCUT2D eigenvalue weighted by Crippen LogP contribution is 2.31. The van der Waals surface area contributed by atoms with Gasteiger partial charge in [0.25, 0.3) is 5.91 Å². The number of amides is 1. The Hall–Kier alpha value is -1.95. The quantitative estimate of drug-likeness (QED) is 0.743. The molecule has 3 rings (SSSR count). The molecule has 0 bridgehead atoms. The van der Waals surface area contributed by atoms with Gasteiger partial charge in [0, 0.05) is 37.4 Å². The van der Waals surface area contributed by atoms with Crippen LogP contribution in [0.2, 0.25) is 10.0 Å². The summed E-state index contributed by atoms with van der Waals surface area (Å²) >= 11 is 11.9. The number of piperazine rings is 1. The highest BCUT2D eigenvalue weighted by atomic mass is 35.5. The Balaban J connectivity index is 1.81. The molecule has 5 nitrogen and oxygen atoms in total. The number of halogens is 2. The summed E-state index contributed by atoms with van der Waals surface area (Å²) in [5.41, 5.74) is 9.93. The minimum atomic E-state index is -0.272. The smallest absolute Gasteiger partial charge is 0.255 e. The number of carbonyl (C=O) groups excluding carboxylic acids is 1. The highest BCUT2D eigenvalue weighted by molar-refractivity contribution is 6.42. The van der Waals surface area contributed by atoms with Crippen LogP contribution in [-0.2, 0) is 0 Å². The van der Waals surface area contributed by atoms with E-state index < -0.39 is 0 Å². The first-order valence-corrected chi connectivity index (χ1v) is 9.78. The molecule has 0 saturated carbocycles. The number of carbonyl (C=O) groups is 1. The fourth-order valence-electron chi connectivity index (χ4n) is 3.30. The summed E-state index contributed by atoms with van der Waals surface area (Å²) in [4.78, 5) is 17.4. The average molecular weight is 407 g/mol. The number of likely N-dealkylation sites (N-methyl/N-ethyl adjacent to an activating group) is 1. The molecule has 0 spiro atoms. The zero-order chi connectivity index (χ0) is 19.6. The minimum Gasteiger partial charge on any atom is -0.397 e. The van der Waals surface area contributed by atoms with Crippen LogP contribution in [0.3, 0.4) is 0 Å². The van der Waals surface area contributed by atoms with Crippen LogP contribution >= 0.6 is 23.2 Å². The van der Waals surface area contributed by atoms with Crippen LogP contribution in [0, 0.1) is 6.92 Å². The van der Waals surface area contributed by atoms with Gasteiger partial charge in [0.05, 0.1) is 21.4 Å². The van der Waals surface area contributed by atoms with E-state index >= 15 is 0 Å². The zero-order valence-corrected chi connectivity index (χ0v) is 17.1. The lowest BCUT2D eigenvalue weighted by molar-refractivity contribution is 0.102. The molecule has 2 aromatic carbocycles. The number of nitrogen functional groups attached to an aromatic ring is 1. The lowest BCUT2D eigenvalue weighted by atomic mass is 10.1. The van der Waals surface area contributed by atoms with E-state index in [9.17, 15) is 4.79 Å². The average Bonchev–Trinajstić information content (AvgIpc) is 2.66. The molecule has 0 unspecified atom stereocenters. The van der Waals surface area contributed by atoms with Crippen LogP contribution in [-0.4, -0.2) is 43.5 Å². The molecule has 27 heavy (non-hydrogen) atoms. The number of hydrogen-bond donors (Lipinski definition) is 2. The zero-order valence-electron chi connectivity index (χ0n) is 15.6. The predicted octanol–water partition coefficient (Wildman–Crippen LogP) is 4.28.